The Kier molecular flexibility index (Phi) is 5.50. The van der Waals surface area contributed by atoms with Gasteiger partial charge in [-0.3, -0.25) is 4.40 Å². The molecule has 0 saturated carbocycles. The first-order chi connectivity index (χ1) is 16.4. The third-order valence-electron chi connectivity index (χ3n) is 5.91. The van der Waals surface area contributed by atoms with Crippen molar-refractivity contribution in [2.45, 2.75) is 26.2 Å². The van der Waals surface area contributed by atoms with Crippen molar-refractivity contribution in [1.29, 1.82) is 0 Å². The third-order valence-corrected chi connectivity index (χ3v) is 5.91. The van der Waals surface area contributed by atoms with Crippen LogP contribution in [0.1, 0.15) is 36.7 Å². The summed E-state index contributed by atoms with van der Waals surface area (Å²) in [6.07, 6.45) is 2.01. The number of fused-ring (bicyclic) bond motifs is 1. The SMILES string of the molecule is CC(C)(C)c1ccc(C(=O)Oc2ccc(-c3nc(-c4ccccc4)c4ccccn34)cc2)cc1. The molecule has 5 aromatic rings. The van der Waals surface area contributed by atoms with E-state index in [0.717, 1.165) is 28.2 Å². The van der Waals surface area contributed by atoms with Crippen molar-refractivity contribution in [3.63, 3.8) is 0 Å². The summed E-state index contributed by atoms with van der Waals surface area (Å²) in [6.45, 7) is 6.44. The fourth-order valence-corrected chi connectivity index (χ4v) is 3.99. The average molecular weight is 447 g/mol. The van der Waals surface area contributed by atoms with E-state index >= 15 is 0 Å². The maximum atomic E-state index is 12.6. The highest BCUT2D eigenvalue weighted by atomic mass is 16.5. The molecule has 0 N–H and O–H groups in total. The highest BCUT2D eigenvalue weighted by Gasteiger charge is 2.16. The van der Waals surface area contributed by atoms with Crippen molar-refractivity contribution in [2.24, 2.45) is 0 Å². The molecule has 0 amide bonds. The molecule has 0 aliphatic heterocycles. The smallest absolute Gasteiger partial charge is 0.343 e. The Morgan fingerprint density at radius 3 is 2.12 bits per heavy atom. The van der Waals surface area contributed by atoms with Gasteiger partial charge in [0.05, 0.1) is 16.8 Å². The highest BCUT2D eigenvalue weighted by Crippen LogP contribution is 2.30. The molecule has 0 unspecified atom stereocenters. The van der Waals surface area contributed by atoms with Crippen LogP contribution >= 0.6 is 0 Å². The first-order valence-corrected chi connectivity index (χ1v) is 11.4. The van der Waals surface area contributed by atoms with Crippen LogP contribution in [0, 0.1) is 0 Å². The summed E-state index contributed by atoms with van der Waals surface area (Å²) in [5, 5.41) is 0. The second-order valence-corrected chi connectivity index (χ2v) is 9.35. The van der Waals surface area contributed by atoms with Gasteiger partial charge in [0, 0.05) is 17.3 Å². The van der Waals surface area contributed by atoms with Gasteiger partial charge >= 0.3 is 5.97 Å². The molecule has 4 nitrogen and oxygen atoms in total. The summed E-state index contributed by atoms with van der Waals surface area (Å²) in [7, 11) is 0. The number of esters is 1. The number of hydrogen-bond acceptors (Lipinski definition) is 3. The number of carbonyl (C=O) groups is 1. The number of carbonyl (C=O) groups excluding carboxylic acids is 1. The van der Waals surface area contributed by atoms with Gasteiger partial charge in [0.25, 0.3) is 0 Å². The maximum Gasteiger partial charge on any atom is 0.343 e. The number of hydrogen-bond donors (Lipinski definition) is 0. The molecule has 0 spiro atoms. The summed E-state index contributed by atoms with van der Waals surface area (Å²) in [6, 6.07) is 31.3. The summed E-state index contributed by atoms with van der Waals surface area (Å²) < 4.78 is 7.70. The lowest BCUT2D eigenvalue weighted by atomic mass is 9.87. The number of imidazole rings is 1. The van der Waals surface area contributed by atoms with Crippen molar-refractivity contribution in [3.05, 3.63) is 114 Å². The molecule has 0 atom stereocenters. The van der Waals surface area contributed by atoms with Crippen LogP contribution in [-0.4, -0.2) is 15.4 Å². The Bertz CT molecular complexity index is 1440. The largest absolute Gasteiger partial charge is 0.423 e. The van der Waals surface area contributed by atoms with Crippen LogP contribution in [0.4, 0.5) is 0 Å². The normalized spacial score (nSPS) is 11.5. The Morgan fingerprint density at radius 2 is 1.44 bits per heavy atom. The molecule has 4 heteroatoms. The van der Waals surface area contributed by atoms with Gasteiger partial charge in [-0.25, -0.2) is 9.78 Å². The van der Waals surface area contributed by atoms with E-state index < -0.39 is 0 Å². The van der Waals surface area contributed by atoms with Crippen LogP contribution in [-0.2, 0) is 5.41 Å². The molecule has 0 aliphatic rings. The molecule has 3 aromatic carbocycles. The summed E-state index contributed by atoms with van der Waals surface area (Å²) in [5.41, 5.74) is 5.73. The second kappa shape index (κ2) is 8.64. The monoisotopic (exact) mass is 446 g/mol. The van der Waals surface area contributed by atoms with E-state index in [9.17, 15) is 4.79 Å². The highest BCUT2D eigenvalue weighted by molar-refractivity contribution is 5.91. The van der Waals surface area contributed by atoms with Crippen LogP contribution in [0.3, 0.4) is 0 Å². The molecular formula is C30H26N2O2. The van der Waals surface area contributed by atoms with E-state index in [4.69, 9.17) is 9.72 Å². The molecule has 2 aromatic heterocycles. The van der Waals surface area contributed by atoms with Crippen LogP contribution < -0.4 is 4.74 Å². The van der Waals surface area contributed by atoms with Crippen molar-refractivity contribution >= 4 is 11.5 Å². The minimum absolute atomic E-state index is 0.0374. The Labute approximate surface area is 199 Å². The van der Waals surface area contributed by atoms with Gasteiger partial charge in [-0.1, -0.05) is 69.3 Å². The van der Waals surface area contributed by atoms with Gasteiger partial charge in [-0.15, -0.1) is 0 Å². The molecule has 0 bridgehead atoms. The molecule has 0 fully saturated rings. The first kappa shape index (κ1) is 21.7. The first-order valence-electron chi connectivity index (χ1n) is 11.4. The van der Waals surface area contributed by atoms with Crippen molar-refractivity contribution < 1.29 is 9.53 Å². The average Bonchev–Trinajstić information content (AvgIpc) is 3.24. The van der Waals surface area contributed by atoms with Crippen molar-refractivity contribution in [2.75, 3.05) is 0 Å². The zero-order valence-corrected chi connectivity index (χ0v) is 19.5. The molecule has 34 heavy (non-hydrogen) atoms. The van der Waals surface area contributed by atoms with Gasteiger partial charge < -0.3 is 4.74 Å². The van der Waals surface area contributed by atoms with Gasteiger partial charge in [0.15, 0.2) is 0 Å². The minimum atomic E-state index is -0.370. The minimum Gasteiger partial charge on any atom is -0.423 e. The summed E-state index contributed by atoms with van der Waals surface area (Å²) >= 11 is 0. The molecule has 5 rings (SSSR count). The number of rotatable bonds is 4. The fourth-order valence-electron chi connectivity index (χ4n) is 3.99. The maximum absolute atomic E-state index is 12.6. The van der Waals surface area contributed by atoms with Crippen LogP contribution in [0.2, 0.25) is 0 Å². The standard InChI is InChI=1S/C30H26N2O2/c1-30(2,3)24-16-12-23(13-17-24)29(33)34-25-18-14-22(15-19-25)28-31-27(21-9-5-4-6-10-21)26-11-7-8-20-32(26)28/h4-20H,1-3H3. The zero-order valence-electron chi connectivity index (χ0n) is 19.5. The number of ether oxygens (including phenoxy) is 1. The Balaban J connectivity index is 1.40. The molecular weight excluding hydrogens is 420 g/mol. The third kappa shape index (κ3) is 4.23. The molecule has 2 heterocycles. The predicted octanol–water partition coefficient (Wildman–Crippen LogP) is 7.19. The van der Waals surface area contributed by atoms with Gasteiger partial charge in [-0.05, 0) is 59.5 Å². The predicted molar refractivity (Wildman–Crippen MR) is 136 cm³/mol. The van der Waals surface area contributed by atoms with E-state index in [-0.39, 0.29) is 11.4 Å². The zero-order chi connectivity index (χ0) is 23.7. The summed E-state index contributed by atoms with van der Waals surface area (Å²) in [4.78, 5) is 17.6. The lowest BCUT2D eigenvalue weighted by molar-refractivity contribution is 0.0734. The number of pyridine rings is 1. The van der Waals surface area contributed by atoms with Gasteiger partial charge in [0.1, 0.15) is 11.6 Å². The number of benzene rings is 3. The molecule has 168 valence electrons. The van der Waals surface area contributed by atoms with Gasteiger partial charge in [0.2, 0.25) is 0 Å². The van der Waals surface area contributed by atoms with Crippen LogP contribution in [0.15, 0.2) is 103 Å². The topological polar surface area (TPSA) is 43.6 Å². The lowest BCUT2D eigenvalue weighted by Crippen LogP contribution is -2.12. The summed E-state index contributed by atoms with van der Waals surface area (Å²) in [5.74, 6) is 0.966. The van der Waals surface area contributed by atoms with Crippen LogP contribution in [0.5, 0.6) is 5.75 Å². The van der Waals surface area contributed by atoms with Crippen LogP contribution in [0.25, 0.3) is 28.2 Å². The number of aromatic nitrogens is 2. The second-order valence-electron chi connectivity index (χ2n) is 9.35. The van der Waals surface area contributed by atoms with Crippen molar-refractivity contribution in [3.8, 4) is 28.4 Å². The molecule has 0 radical (unpaired) electrons. The molecule has 0 aliphatic carbocycles. The van der Waals surface area contributed by atoms with E-state index in [0.29, 0.717) is 11.3 Å². The van der Waals surface area contributed by atoms with Gasteiger partial charge in [-0.2, -0.15) is 0 Å². The fraction of sp³-hybridized carbons (Fsp3) is 0.133. The van der Waals surface area contributed by atoms with Crippen molar-refractivity contribution in [1.82, 2.24) is 9.38 Å². The Morgan fingerprint density at radius 1 is 0.765 bits per heavy atom. The lowest BCUT2D eigenvalue weighted by Gasteiger charge is -2.18. The quantitative estimate of drug-likeness (QED) is 0.217. The molecule has 0 saturated heterocycles. The van der Waals surface area contributed by atoms with E-state index in [1.807, 2.05) is 85.1 Å². The number of nitrogens with zero attached hydrogens (tertiary/aromatic N) is 2. The van der Waals surface area contributed by atoms with E-state index in [1.165, 1.54) is 5.56 Å². The Hall–Kier alpha value is -4.18. The van der Waals surface area contributed by atoms with E-state index in [2.05, 4.69) is 43.4 Å². The van der Waals surface area contributed by atoms with E-state index in [1.54, 1.807) is 0 Å².